The normalized spacial score (nSPS) is 10.2. The van der Waals surface area contributed by atoms with Gasteiger partial charge in [-0.1, -0.05) is 6.07 Å². The Morgan fingerprint density at radius 3 is 2.75 bits per heavy atom. The van der Waals surface area contributed by atoms with Crippen molar-refractivity contribution in [3.63, 3.8) is 0 Å². The van der Waals surface area contributed by atoms with E-state index >= 15 is 0 Å². The average Bonchev–Trinajstić information content (AvgIpc) is 2.23. The van der Waals surface area contributed by atoms with Crippen molar-refractivity contribution in [3.05, 3.63) is 35.4 Å². The highest BCUT2D eigenvalue weighted by atomic mass is 35.5. The van der Waals surface area contributed by atoms with Crippen molar-refractivity contribution in [2.75, 3.05) is 12.4 Å². The van der Waals surface area contributed by atoms with Crippen LogP contribution in [0.5, 0.6) is 0 Å². The molecule has 5 heteroatoms. The topological polar surface area (TPSA) is 29.1 Å². The maximum Gasteiger partial charge on any atom is 0.224 e. The molecule has 0 saturated carbocycles. The number of amides is 1. The zero-order valence-corrected chi connectivity index (χ0v) is 9.36. The summed E-state index contributed by atoms with van der Waals surface area (Å²) in [5.74, 6) is -1.18. The Morgan fingerprint density at radius 1 is 1.38 bits per heavy atom. The zero-order valence-electron chi connectivity index (χ0n) is 8.60. The maximum absolute atomic E-state index is 13.2. The molecule has 0 bridgehead atoms. The molecule has 1 N–H and O–H groups in total. The molecule has 1 aromatic rings. The summed E-state index contributed by atoms with van der Waals surface area (Å²) in [6.45, 7) is 0.463. The lowest BCUT2D eigenvalue weighted by molar-refractivity contribution is -0.120. The Morgan fingerprint density at radius 2 is 2.12 bits per heavy atom. The van der Waals surface area contributed by atoms with E-state index in [1.165, 1.54) is 6.07 Å². The van der Waals surface area contributed by atoms with E-state index in [9.17, 15) is 13.6 Å². The van der Waals surface area contributed by atoms with E-state index in [1.807, 2.05) is 0 Å². The number of carbonyl (C=O) groups excluding carboxylic acids is 1. The number of benzene rings is 1. The molecule has 0 heterocycles. The molecule has 0 aliphatic rings. The first kappa shape index (κ1) is 12.9. The summed E-state index contributed by atoms with van der Waals surface area (Å²) in [6.07, 6.45) is 0.577. The molecule has 0 unspecified atom stereocenters. The van der Waals surface area contributed by atoms with Crippen molar-refractivity contribution in [2.24, 2.45) is 0 Å². The van der Waals surface area contributed by atoms with E-state index < -0.39 is 11.6 Å². The van der Waals surface area contributed by atoms with Gasteiger partial charge in [-0.2, -0.15) is 0 Å². The zero-order chi connectivity index (χ0) is 12.0. The summed E-state index contributed by atoms with van der Waals surface area (Å²) in [7, 11) is 0. The number of hydrogen-bond donors (Lipinski definition) is 1. The molecule has 0 spiro atoms. The van der Waals surface area contributed by atoms with E-state index in [0.29, 0.717) is 18.8 Å². The van der Waals surface area contributed by atoms with Crippen LogP contribution in [-0.2, 0) is 11.2 Å². The monoisotopic (exact) mass is 247 g/mol. The summed E-state index contributed by atoms with van der Waals surface area (Å²) in [4.78, 5) is 11.3. The van der Waals surface area contributed by atoms with Crippen molar-refractivity contribution in [1.29, 1.82) is 0 Å². The van der Waals surface area contributed by atoms with Gasteiger partial charge < -0.3 is 5.32 Å². The standard InChI is InChI=1S/C11H12ClF2NO/c12-4-1-5-15-11(16)6-8-2-3-9(13)7-10(8)14/h2-3,7H,1,4-6H2,(H,15,16). The number of halogens is 3. The lowest BCUT2D eigenvalue weighted by Gasteiger charge is -2.05. The predicted octanol–water partition coefficient (Wildman–Crippen LogP) is 2.25. The molecular formula is C11H12ClF2NO. The third-order valence-corrected chi connectivity index (χ3v) is 2.27. The van der Waals surface area contributed by atoms with Crippen LogP contribution in [0.15, 0.2) is 18.2 Å². The first-order valence-corrected chi connectivity index (χ1v) is 5.43. The molecule has 2 nitrogen and oxygen atoms in total. The molecule has 1 amide bonds. The minimum Gasteiger partial charge on any atom is -0.356 e. The quantitative estimate of drug-likeness (QED) is 0.628. The molecule has 0 atom stereocenters. The molecule has 0 aliphatic heterocycles. The van der Waals surface area contributed by atoms with Gasteiger partial charge in [0.1, 0.15) is 11.6 Å². The predicted molar refractivity (Wildman–Crippen MR) is 58.4 cm³/mol. The van der Waals surface area contributed by atoms with Gasteiger partial charge in [-0.25, -0.2) is 8.78 Å². The van der Waals surface area contributed by atoms with Crippen LogP contribution in [0.25, 0.3) is 0 Å². The number of hydrogen-bond acceptors (Lipinski definition) is 1. The summed E-state index contributed by atoms with van der Waals surface area (Å²) < 4.78 is 25.7. The molecule has 0 radical (unpaired) electrons. The van der Waals surface area contributed by atoms with Gasteiger partial charge in [-0.05, 0) is 18.1 Å². The largest absolute Gasteiger partial charge is 0.356 e. The highest BCUT2D eigenvalue weighted by Gasteiger charge is 2.08. The van der Waals surface area contributed by atoms with Crippen LogP contribution < -0.4 is 5.32 Å². The Balaban J connectivity index is 2.49. The van der Waals surface area contributed by atoms with Crippen molar-refractivity contribution in [3.8, 4) is 0 Å². The Hall–Kier alpha value is -1.16. The second-order valence-electron chi connectivity index (χ2n) is 3.30. The summed E-state index contributed by atoms with van der Waals surface area (Å²) in [6, 6.07) is 3.16. The second-order valence-corrected chi connectivity index (χ2v) is 3.68. The third kappa shape index (κ3) is 4.14. The van der Waals surface area contributed by atoms with Crippen LogP contribution in [0.2, 0.25) is 0 Å². The first-order valence-electron chi connectivity index (χ1n) is 4.90. The summed E-state index contributed by atoms with van der Waals surface area (Å²) in [5.41, 5.74) is 0.185. The SMILES string of the molecule is O=C(Cc1ccc(F)cc1F)NCCCCl. The molecular weight excluding hydrogens is 236 g/mol. The molecule has 16 heavy (non-hydrogen) atoms. The highest BCUT2D eigenvalue weighted by molar-refractivity contribution is 6.17. The lowest BCUT2D eigenvalue weighted by Crippen LogP contribution is -2.26. The fourth-order valence-electron chi connectivity index (χ4n) is 1.20. The van der Waals surface area contributed by atoms with E-state index in [4.69, 9.17) is 11.6 Å². The number of nitrogens with one attached hydrogen (secondary N) is 1. The minimum atomic E-state index is -0.701. The average molecular weight is 248 g/mol. The Kier molecular flexibility index (Phi) is 5.19. The van der Waals surface area contributed by atoms with Gasteiger partial charge in [0, 0.05) is 18.5 Å². The van der Waals surface area contributed by atoms with Crippen LogP contribution in [0, 0.1) is 11.6 Å². The minimum absolute atomic E-state index is 0.0889. The van der Waals surface area contributed by atoms with Crippen LogP contribution >= 0.6 is 11.6 Å². The van der Waals surface area contributed by atoms with E-state index in [0.717, 1.165) is 12.1 Å². The van der Waals surface area contributed by atoms with E-state index in [2.05, 4.69) is 5.32 Å². The van der Waals surface area contributed by atoms with Gasteiger partial charge in [0.15, 0.2) is 0 Å². The van der Waals surface area contributed by atoms with Crippen LogP contribution in [0.3, 0.4) is 0 Å². The Bertz CT molecular complexity index is 371. The lowest BCUT2D eigenvalue weighted by atomic mass is 10.1. The number of alkyl halides is 1. The molecule has 0 aromatic heterocycles. The van der Waals surface area contributed by atoms with Gasteiger partial charge in [-0.3, -0.25) is 4.79 Å². The summed E-state index contributed by atoms with van der Waals surface area (Å²) in [5, 5.41) is 2.59. The molecule has 1 rings (SSSR count). The third-order valence-electron chi connectivity index (χ3n) is 2.00. The molecule has 1 aromatic carbocycles. The van der Waals surface area contributed by atoms with Crippen molar-refractivity contribution in [2.45, 2.75) is 12.8 Å². The Labute approximate surface area is 97.6 Å². The first-order chi connectivity index (χ1) is 7.63. The summed E-state index contributed by atoms with van der Waals surface area (Å²) >= 11 is 5.43. The molecule has 0 fully saturated rings. The van der Waals surface area contributed by atoms with Gasteiger partial charge >= 0.3 is 0 Å². The van der Waals surface area contributed by atoms with Crippen LogP contribution in [-0.4, -0.2) is 18.3 Å². The van der Waals surface area contributed by atoms with E-state index in [-0.39, 0.29) is 17.9 Å². The molecule has 0 saturated heterocycles. The van der Waals surface area contributed by atoms with Gasteiger partial charge in [0.05, 0.1) is 6.42 Å². The van der Waals surface area contributed by atoms with Gasteiger partial charge in [0.2, 0.25) is 5.91 Å². The van der Waals surface area contributed by atoms with Crippen molar-refractivity contribution in [1.82, 2.24) is 5.32 Å². The van der Waals surface area contributed by atoms with Gasteiger partial charge in [-0.15, -0.1) is 11.6 Å². The fraction of sp³-hybridized carbons (Fsp3) is 0.364. The number of rotatable bonds is 5. The smallest absolute Gasteiger partial charge is 0.224 e. The molecule has 88 valence electrons. The molecule has 0 aliphatic carbocycles. The maximum atomic E-state index is 13.2. The second kappa shape index (κ2) is 6.43. The van der Waals surface area contributed by atoms with Crippen molar-refractivity contribution < 1.29 is 13.6 Å². The van der Waals surface area contributed by atoms with Gasteiger partial charge in [0.25, 0.3) is 0 Å². The highest BCUT2D eigenvalue weighted by Crippen LogP contribution is 2.09. The van der Waals surface area contributed by atoms with Crippen LogP contribution in [0.4, 0.5) is 8.78 Å². The fourth-order valence-corrected chi connectivity index (χ4v) is 1.33. The van der Waals surface area contributed by atoms with Crippen LogP contribution in [0.1, 0.15) is 12.0 Å². The van der Waals surface area contributed by atoms with E-state index in [1.54, 1.807) is 0 Å². The van der Waals surface area contributed by atoms with Crippen molar-refractivity contribution >= 4 is 17.5 Å². The number of carbonyl (C=O) groups is 1.